The first-order valence-corrected chi connectivity index (χ1v) is 8.39. The number of aromatic nitrogens is 1. The summed E-state index contributed by atoms with van der Waals surface area (Å²) >= 11 is 1.43. The minimum atomic E-state index is -0.190. The zero-order chi connectivity index (χ0) is 13.5. The second kappa shape index (κ2) is 5.11. The molecular formula is C15H19NO3S. The zero-order valence-corrected chi connectivity index (χ0v) is 12.2. The van der Waals surface area contributed by atoms with E-state index in [1.165, 1.54) is 30.6 Å². The monoisotopic (exact) mass is 293 g/mol. The molecule has 0 radical (unpaired) electrons. The summed E-state index contributed by atoms with van der Waals surface area (Å²) in [4.78, 5) is 17.2. The SMILES string of the molecule is O=C(O[C@@H]1C[C@H]2CC[C@H]1C2)c1cnc([C@H]2CCCO2)s1. The smallest absolute Gasteiger partial charge is 0.350 e. The number of hydrogen-bond donors (Lipinski definition) is 0. The van der Waals surface area contributed by atoms with Crippen LogP contribution in [0.1, 0.15) is 59.3 Å². The van der Waals surface area contributed by atoms with Crippen molar-refractivity contribution in [2.75, 3.05) is 6.61 Å². The molecule has 3 fully saturated rings. The fourth-order valence-electron chi connectivity index (χ4n) is 3.83. The second-order valence-corrected chi connectivity index (χ2v) is 7.25. The van der Waals surface area contributed by atoms with Gasteiger partial charge in [-0.15, -0.1) is 11.3 Å². The number of carbonyl (C=O) groups excluding carboxylic acids is 1. The molecule has 1 saturated heterocycles. The molecule has 3 aliphatic rings. The van der Waals surface area contributed by atoms with Gasteiger partial charge in [0, 0.05) is 6.61 Å². The van der Waals surface area contributed by atoms with Gasteiger partial charge in [0.05, 0.1) is 6.20 Å². The first kappa shape index (κ1) is 12.8. The van der Waals surface area contributed by atoms with E-state index in [2.05, 4.69) is 4.98 Å². The number of rotatable bonds is 3. The molecule has 5 heteroatoms. The Hall–Kier alpha value is -0.940. The van der Waals surface area contributed by atoms with Crippen molar-refractivity contribution in [3.05, 3.63) is 16.1 Å². The summed E-state index contributed by atoms with van der Waals surface area (Å²) in [5, 5.41) is 0.919. The molecule has 4 atom stereocenters. The number of thiazole rings is 1. The van der Waals surface area contributed by atoms with Gasteiger partial charge < -0.3 is 9.47 Å². The summed E-state index contributed by atoms with van der Waals surface area (Å²) in [5.41, 5.74) is 0. The lowest BCUT2D eigenvalue weighted by molar-refractivity contribution is 0.0164. The van der Waals surface area contributed by atoms with E-state index in [-0.39, 0.29) is 18.2 Å². The van der Waals surface area contributed by atoms with Crippen molar-refractivity contribution in [3.63, 3.8) is 0 Å². The van der Waals surface area contributed by atoms with E-state index < -0.39 is 0 Å². The number of ether oxygens (including phenoxy) is 2. The first-order chi connectivity index (χ1) is 9.79. The van der Waals surface area contributed by atoms with Crippen LogP contribution in [-0.4, -0.2) is 23.7 Å². The molecule has 0 amide bonds. The molecule has 1 aromatic rings. The van der Waals surface area contributed by atoms with E-state index in [1.807, 2.05) is 0 Å². The molecule has 108 valence electrons. The molecule has 1 aliphatic heterocycles. The van der Waals surface area contributed by atoms with E-state index in [1.54, 1.807) is 6.20 Å². The van der Waals surface area contributed by atoms with Gasteiger partial charge in [0.25, 0.3) is 0 Å². The van der Waals surface area contributed by atoms with Gasteiger partial charge in [0.15, 0.2) is 0 Å². The normalized spacial score (nSPS) is 35.6. The topological polar surface area (TPSA) is 48.4 Å². The summed E-state index contributed by atoms with van der Waals surface area (Å²) in [6.45, 7) is 0.801. The lowest BCUT2D eigenvalue weighted by atomic mass is 9.98. The summed E-state index contributed by atoms with van der Waals surface area (Å²) in [6.07, 6.45) is 8.84. The quantitative estimate of drug-likeness (QED) is 0.802. The summed E-state index contributed by atoms with van der Waals surface area (Å²) in [7, 11) is 0. The van der Waals surface area contributed by atoms with E-state index in [4.69, 9.17) is 9.47 Å². The van der Waals surface area contributed by atoms with E-state index in [9.17, 15) is 4.79 Å². The third-order valence-corrected chi connectivity index (χ3v) is 5.93. The molecule has 1 aromatic heterocycles. The maximum absolute atomic E-state index is 12.2. The van der Waals surface area contributed by atoms with Gasteiger partial charge in [-0.1, -0.05) is 0 Å². The standard InChI is InChI=1S/C15H19NO3S/c17-15(19-12-7-9-3-4-10(12)6-9)13-8-16-14(20-13)11-2-1-5-18-11/h8-12H,1-7H2/t9-,10-,11+,12+/m0/s1. The highest BCUT2D eigenvalue weighted by molar-refractivity contribution is 7.13. The van der Waals surface area contributed by atoms with Crippen molar-refractivity contribution in [1.29, 1.82) is 0 Å². The number of esters is 1. The van der Waals surface area contributed by atoms with Gasteiger partial charge in [0.2, 0.25) is 0 Å². The molecular weight excluding hydrogens is 274 g/mol. The molecule has 20 heavy (non-hydrogen) atoms. The first-order valence-electron chi connectivity index (χ1n) is 7.58. The van der Waals surface area contributed by atoms with Crippen LogP contribution in [0.25, 0.3) is 0 Å². The Morgan fingerprint density at radius 3 is 3.00 bits per heavy atom. The summed E-state index contributed by atoms with van der Waals surface area (Å²) in [5.74, 6) is 1.21. The fraction of sp³-hybridized carbons (Fsp3) is 0.733. The lowest BCUT2D eigenvalue weighted by Gasteiger charge is -2.21. The largest absolute Gasteiger partial charge is 0.458 e. The fourth-order valence-corrected chi connectivity index (χ4v) is 4.71. The van der Waals surface area contributed by atoms with Crippen LogP contribution in [0.5, 0.6) is 0 Å². The number of fused-ring (bicyclic) bond motifs is 2. The van der Waals surface area contributed by atoms with E-state index in [0.29, 0.717) is 10.8 Å². The molecule has 0 spiro atoms. The maximum atomic E-state index is 12.2. The van der Waals surface area contributed by atoms with Crippen LogP contribution in [0.2, 0.25) is 0 Å². The van der Waals surface area contributed by atoms with Gasteiger partial charge in [-0.3, -0.25) is 0 Å². The van der Waals surface area contributed by atoms with Crippen LogP contribution in [0.3, 0.4) is 0 Å². The molecule has 2 heterocycles. The Morgan fingerprint density at radius 1 is 1.35 bits per heavy atom. The molecule has 0 aromatic carbocycles. The Morgan fingerprint density at radius 2 is 2.30 bits per heavy atom. The Balaban J connectivity index is 1.41. The van der Waals surface area contributed by atoms with Crippen molar-refractivity contribution in [2.45, 2.75) is 50.7 Å². The third-order valence-electron chi connectivity index (χ3n) is 4.86. The summed E-state index contributed by atoms with van der Waals surface area (Å²) < 4.78 is 11.3. The highest BCUT2D eigenvalue weighted by atomic mass is 32.1. The minimum absolute atomic E-state index is 0.0871. The van der Waals surface area contributed by atoms with Crippen LogP contribution >= 0.6 is 11.3 Å². The molecule has 0 N–H and O–H groups in total. The average Bonchev–Trinajstić information content (AvgIpc) is 3.21. The molecule has 4 nitrogen and oxygen atoms in total. The molecule has 0 unspecified atom stereocenters. The zero-order valence-electron chi connectivity index (χ0n) is 11.4. The van der Waals surface area contributed by atoms with Crippen LogP contribution in [0, 0.1) is 11.8 Å². The van der Waals surface area contributed by atoms with Crippen molar-refractivity contribution >= 4 is 17.3 Å². The predicted octanol–water partition coefficient (Wildman–Crippen LogP) is 3.34. The van der Waals surface area contributed by atoms with Gasteiger partial charge in [-0.05, 0) is 50.4 Å². The summed E-state index contributed by atoms with van der Waals surface area (Å²) in [6, 6.07) is 0. The Labute approximate surface area is 122 Å². The second-order valence-electron chi connectivity index (χ2n) is 6.18. The molecule has 2 saturated carbocycles. The van der Waals surface area contributed by atoms with Gasteiger partial charge in [-0.2, -0.15) is 0 Å². The van der Waals surface area contributed by atoms with Crippen LogP contribution < -0.4 is 0 Å². The third kappa shape index (κ3) is 2.27. The molecule has 2 aliphatic carbocycles. The number of carbonyl (C=O) groups is 1. The number of nitrogens with zero attached hydrogens (tertiary/aromatic N) is 1. The van der Waals surface area contributed by atoms with Crippen LogP contribution in [-0.2, 0) is 9.47 Å². The van der Waals surface area contributed by atoms with Crippen LogP contribution in [0.4, 0.5) is 0 Å². The van der Waals surface area contributed by atoms with Crippen LogP contribution in [0.15, 0.2) is 6.20 Å². The Kier molecular flexibility index (Phi) is 3.27. The van der Waals surface area contributed by atoms with Crippen molar-refractivity contribution in [1.82, 2.24) is 4.98 Å². The van der Waals surface area contributed by atoms with Crippen molar-refractivity contribution in [3.8, 4) is 0 Å². The molecule has 4 rings (SSSR count). The van der Waals surface area contributed by atoms with E-state index >= 15 is 0 Å². The number of hydrogen-bond acceptors (Lipinski definition) is 5. The van der Waals surface area contributed by atoms with Gasteiger partial charge in [-0.25, -0.2) is 9.78 Å². The predicted molar refractivity (Wildman–Crippen MR) is 74.7 cm³/mol. The minimum Gasteiger partial charge on any atom is -0.458 e. The highest BCUT2D eigenvalue weighted by Gasteiger charge is 2.42. The van der Waals surface area contributed by atoms with Gasteiger partial charge in [0.1, 0.15) is 22.1 Å². The molecule has 2 bridgehead atoms. The average molecular weight is 293 g/mol. The maximum Gasteiger partial charge on any atom is 0.350 e. The Bertz CT molecular complexity index is 509. The highest BCUT2D eigenvalue weighted by Crippen LogP contribution is 2.46. The van der Waals surface area contributed by atoms with Crippen molar-refractivity contribution < 1.29 is 14.3 Å². The van der Waals surface area contributed by atoms with E-state index in [0.717, 1.165) is 36.8 Å². The van der Waals surface area contributed by atoms with Gasteiger partial charge >= 0.3 is 5.97 Å². The lowest BCUT2D eigenvalue weighted by Crippen LogP contribution is -2.23. The van der Waals surface area contributed by atoms with Crippen molar-refractivity contribution in [2.24, 2.45) is 11.8 Å².